The molecule has 0 aliphatic carbocycles. The first kappa shape index (κ1) is 20.9. The summed E-state index contributed by atoms with van der Waals surface area (Å²) in [4.78, 5) is 27.7. The number of aryl methyl sites for hydroxylation is 2. The Hall–Kier alpha value is -2.79. The van der Waals surface area contributed by atoms with Gasteiger partial charge in [0.1, 0.15) is 5.75 Å². The lowest BCUT2D eigenvalue weighted by Gasteiger charge is -2.34. The molecular formula is C23H25ClN2O3. The van der Waals surface area contributed by atoms with Crippen LogP contribution in [0.1, 0.15) is 17.5 Å². The second-order valence-electron chi connectivity index (χ2n) is 7.24. The van der Waals surface area contributed by atoms with E-state index in [-0.39, 0.29) is 24.0 Å². The predicted molar refractivity (Wildman–Crippen MR) is 115 cm³/mol. The molecule has 1 aliphatic rings. The van der Waals surface area contributed by atoms with Crippen molar-refractivity contribution in [2.45, 2.75) is 19.8 Å². The summed E-state index contributed by atoms with van der Waals surface area (Å²) in [6.07, 6.45) is 2.01. The number of carbonyl (C=O) groups is 2. The molecule has 1 heterocycles. The SMILES string of the molecule is C=CC(=O)N1CCN(C(=O)CCc2cc(-c3ccc(C)cc3)c(Cl)cc2O)CC1. The Bertz CT molecular complexity index is 916. The van der Waals surface area contributed by atoms with Gasteiger partial charge in [0.2, 0.25) is 11.8 Å². The van der Waals surface area contributed by atoms with Crippen LogP contribution in [0.5, 0.6) is 5.75 Å². The number of carbonyl (C=O) groups excluding carboxylic acids is 2. The fraction of sp³-hybridized carbons (Fsp3) is 0.304. The van der Waals surface area contributed by atoms with Gasteiger partial charge in [-0.05, 0) is 42.7 Å². The van der Waals surface area contributed by atoms with E-state index in [0.717, 1.165) is 16.7 Å². The monoisotopic (exact) mass is 412 g/mol. The number of amides is 2. The summed E-state index contributed by atoms with van der Waals surface area (Å²) in [5, 5.41) is 10.8. The Labute approximate surface area is 176 Å². The number of hydrogen-bond donors (Lipinski definition) is 1. The smallest absolute Gasteiger partial charge is 0.246 e. The summed E-state index contributed by atoms with van der Waals surface area (Å²) >= 11 is 6.34. The highest BCUT2D eigenvalue weighted by atomic mass is 35.5. The fourth-order valence-electron chi connectivity index (χ4n) is 3.47. The first-order valence-electron chi connectivity index (χ1n) is 9.66. The predicted octanol–water partition coefficient (Wildman–Crippen LogP) is 3.81. The molecule has 0 atom stereocenters. The van der Waals surface area contributed by atoms with Crippen molar-refractivity contribution < 1.29 is 14.7 Å². The molecule has 0 aromatic heterocycles. The van der Waals surface area contributed by atoms with Crippen molar-refractivity contribution in [1.82, 2.24) is 9.80 Å². The van der Waals surface area contributed by atoms with Crippen LogP contribution in [0.15, 0.2) is 49.1 Å². The number of halogens is 1. The zero-order chi connectivity index (χ0) is 21.0. The van der Waals surface area contributed by atoms with Crippen LogP contribution in [0.25, 0.3) is 11.1 Å². The highest BCUT2D eigenvalue weighted by Gasteiger charge is 2.23. The molecule has 3 rings (SSSR count). The number of nitrogens with zero attached hydrogens (tertiary/aromatic N) is 2. The Balaban J connectivity index is 1.65. The molecule has 2 amide bonds. The maximum atomic E-state index is 12.6. The van der Waals surface area contributed by atoms with Crippen LogP contribution in [-0.2, 0) is 16.0 Å². The van der Waals surface area contributed by atoms with Gasteiger partial charge in [-0.1, -0.05) is 48.0 Å². The molecule has 29 heavy (non-hydrogen) atoms. The molecular weight excluding hydrogens is 388 g/mol. The summed E-state index contributed by atoms with van der Waals surface area (Å²) < 4.78 is 0. The van der Waals surface area contributed by atoms with Crippen LogP contribution in [0.2, 0.25) is 5.02 Å². The second kappa shape index (κ2) is 9.14. The van der Waals surface area contributed by atoms with Crippen molar-refractivity contribution in [3.63, 3.8) is 0 Å². The number of benzene rings is 2. The Morgan fingerprint density at radius 2 is 1.72 bits per heavy atom. The molecule has 0 spiro atoms. The van der Waals surface area contributed by atoms with E-state index >= 15 is 0 Å². The summed E-state index contributed by atoms with van der Waals surface area (Å²) in [6.45, 7) is 7.57. The van der Waals surface area contributed by atoms with Gasteiger partial charge in [-0.2, -0.15) is 0 Å². The first-order chi connectivity index (χ1) is 13.9. The third-order valence-corrected chi connectivity index (χ3v) is 5.57. The third kappa shape index (κ3) is 4.98. The number of phenols is 1. The Kier molecular flexibility index (Phi) is 6.60. The standard InChI is InChI=1S/C23H25ClN2O3/c1-3-22(28)25-10-12-26(13-11-25)23(29)9-8-18-14-19(20(24)15-21(18)27)17-6-4-16(2)5-7-17/h3-7,14-15,27H,1,8-13H2,2H3. The van der Waals surface area contributed by atoms with Crippen LogP contribution in [0.4, 0.5) is 0 Å². The van der Waals surface area contributed by atoms with E-state index in [0.29, 0.717) is 43.2 Å². The minimum Gasteiger partial charge on any atom is -0.508 e. The average molecular weight is 413 g/mol. The van der Waals surface area contributed by atoms with E-state index in [2.05, 4.69) is 6.58 Å². The molecule has 152 valence electrons. The minimum absolute atomic E-state index is 0.0157. The van der Waals surface area contributed by atoms with Crippen LogP contribution < -0.4 is 0 Å². The van der Waals surface area contributed by atoms with E-state index in [1.54, 1.807) is 9.80 Å². The van der Waals surface area contributed by atoms with Gasteiger partial charge >= 0.3 is 0 Å². The van der Waals surface area contributed by atoms with Crippen LogP contribution >= 0.6 is 11.6 Å². The number of rotatable bonds is 5. The van der Waals surface area contributed by atoms with Crippen LogP contribution in [-0.4, -0.2) is 52.9 Å². The molecule has 1 saturated heterocycles. The lowest BCUT2D eigenvalue weighted by molar-refractivity contribution is -0.137. The van der Waals surface area contributed by atoms with Gasteiger partial charge in [-0.25, -0.2) is 0 Å². The highest BCUT2D eigenvalue weighted by molar-refractivity contribution is 6.33. The molecule has 2 aromatic carbocycles. The van der Waals surface area contributed by atoms with E-state index in [1.807, 2.05) is 37.3 Å². The Morgan fingerprint density at radius 1 is 1.10 bits per heavy atom. The number of aromatic hydroxyl groups is 1. The number of phenolic OH excluding ortho intramolecular Hbond substituents is 1. The van der Waals surface area contributed by atoms with Crippen molar-refractivity contribution >= 4 is 23.4 Å². The largest absolute Gasteiger partial charge is 0.508 e. The third-order valence-electron chi connectivity index (χ3n) is 5.26. The van der Waals surface area contributed by atoms with Gasteiger partial charge in [-0.3, -0.25) is 9.59 Å². The molecule has 2 aromatic rings. The summed E-state index contributed by atoms with van der Waals surface area (Å²) in [5.74, 6) is 0.00817. The van der Waals surface area contributed by atoms with E-state index in [9.17, 15) is 14.7 Å². The maximum absolute atomic E-state index is 12.6. The van der Waals surface area contributed by atoms with Crippen LogP contribution in [0, 0.1) is 6.92 Å². The van der Waals surface area contributed by atoms with Gasteiger partial charge in [0.05, 0.1) is 5.02 Å². The first-order valence-corrected chi connectivity index (χ1v) is 10.0. The zero-order valence-corrected chi connectivity index (χ0v) is 17.3. The lowest BCUT2D eigenvalue weighted by atomic mass is 9.99. The molecule has 6 heteroatoms. The van der Waals surface area contributed by atoms with Gasteiger partial charge < -0.3 is 14.9 Å². The molecule has 0 unspecified atom stereocenters. The van der Waals surface area contributed by atoms with Crippen molar-refractivity contribution in [2.24, 2.45) is 0 Å². The highest BCUT2D eigenvalue weighted by Crippen LogP contribution is 2.34. The van der Waals surface area contributed by atoms with E-state index in [1.165, 1.54) is 12.1 Å². The Morgan fingerprint density at radius 3 is 2.34 bits per heavy atom. The second-order valence-corrected chi connectivity index (χ2v) is 7.64. The molecule has 0 radical (unpaired) electrons. The lowest BCUT2D eigenvalue weighted by Crippen LogP contribution is -2.50. The molecule has 0 saturated carbocycles. The van der Waals surface area contributed by atoms with Gasteiger partial charge in [0.25, 0.3) is 0 Å². The van der Waals surface area contributed by atoms with E-state index < -0.39 is 0 Å². The normalized spacial score (nSPS) is 14.0. The molecule has 1 aliphatic heterocycles. The van der Waals surface area contributed by atoms with Crippen molar-refractivity contribution in [3.05, 3.63) is 65.2 Å². The average Bonchev–Trinajstić information content (AvgIpc) is 2.73. The van der Waals surface area contributed by atoms with Crippen LogP contribution in [0.3, 0.4) is 0 Å². The molecule has 1 fully saturated rings. The topological polar surface area (TPSA) is 60.9 Å². The maximum Gasteiger partial charge on any atom is 0.246 e. The van der Waals surface area contributed by atoms with Gasteiger partial charge in [0.15, 0.2) is 0 Å². The number of piperazine rings is 1. The quantitative estimate of drug-likeness (QED) is 0.759. The molecule has 0 bridgehead atoms. The summed E-state index contributed by atoms with van der Waals surface area (Å²) in [5.41, 5.74) is 3.66. The van der Waals surface area contributed by atoms with Crippen molar-refractivity contribution in [2.75, 3.05) is 26.2 Å². The zero-order valence-electron chi connectivity index (χ0n) is 16.5. The summed E-state index contributed by atoms with van der Waals surface area (Å²) in [6, 6.07) is 11.4. The molecule has 5 nitrogen and oxygen atoms in total. The van der Waals surface area contributed by atoms with Gasteiger partial charge in [0, 0.05) is 38.2 Å². The number of hydrogen-bond acceptors (Lipinski definition) is 3. The minimum atomic E-state index is -0.105. The summed E-state index contributed by atoms with van der Waals surface area (Å²) in [7, 11) is 0. The molecule has 1 N–H and O–H groups in total. The van der Waals surface area contributed by atoms with Crippen molar-refractivity contribution in [1.29, 1.82) is 0 Å². The van der Waals surface area contributed by atoms with E-state index in [4.69, 9.17) is 11.6 Å². The fourth-order valence-corrected chi connectivity index (χ4v) is 3.73. The van der Waals surface area contributed by atoms with Gasteiger partial charge in [-0.15, -0.1) is 0 Å². The van der Waals surface area contributed by atoms with Crippen molar-refractivity contribution in [3.8, 4) is 16.9 Å².